The Hall–Kier alpha value is -0.723. The zero-order chi connectivity index (χ0) is 5.98. The summed E-state index contributed by atoms with van der Waals surface area (Å²) >= 11 is 0. The molecule has 0 bridgehead atoms. The van der Waals surface area contributed by atoms with Crippen molar-refractivity contribution in [1.29, 1.82) is 0 Å². The molecule has 0 aliphatic rings. The second-order valence-electron chi connectivity index (χ2n) is 1.26. The van der Waals surface area contributed by atoms with E-state index in [-0.39, 0.29) is 24.6 Å². The summed E-state index contributed by atoms with van der Waals surface area (Å²) in [6, 6.07) is 1.33. The van der Waals surface area contributed by atoms with E-state index in [1.807, 2.05) is 0 Å². The molecule has 1 N–H and O–H groups in total. The Morgan fingerprint density at radius 1 is 1.78 bits per heavy atom. The normalized spacial score (nSPS) is 8.00. The molecular weight excluding hydrogens is 115 g/mol. The summed E-state index contributed by atoms with van der Waals surface area (Å²) in [5, 5.41) is 15.5. The van der Waals surface area contributed by atoms with E-state index in [0.717, 1.165) is 0 Å². The first kappa shape index (κ1) is 8.28. The van der Waals surface area contributed by atoms with Gasteiger partial charge in [-0.05, 0) is 6.07 Å². The fraction of sp³-hybridized carbons (Fsp3) is 0. The maximum Gasteiger partial charge on any atom is 1.00 e. The summed E-state index contributed by atoms with van der Waals surface area (Å²) in [5.41, 5.74) is 0.00463. The largest absolute Gasteiger partial charge is 1.00 e. The summed E-state index contributed by atoms with van der Waals surface area (Å²) in [6.45, 7) is 0. The standard InChI is InChI=1S/C4H4N2O2.Li/c7-4(8)3-1-2-5-6-3;/h1-2H,(H,5,6)(H,7,8);/q;+1/p-1. The van der Waals surface area contributed by atoms with E-state index in [4.69, 9.17) is 0 Å². The Kier molecular flexibility index (Phi) is 3.06. The summed E-state index contributed by atoms with van der Waals surface area (Å²) in [4.78, 5) is 9.88. The third-order valence-corrected chi connectivity index (χ3v) is 0.721. The Morgan fingerprint density at radius 2 is 2.44 bits per heavy atom. The summed E-state index contributed by atoms with van der Waals surface area (Å²) in [6.07, 6.45) is 1.35. The Balaban J connectivity index is 0.000000640. The van der Waals surface area contributed by atoms with Crippen LogP contribution in [-0.4, -0.2) is 16.2 Å². The number of carbonyl (C=O) groups is 1. The number of carboxylic acids is 1. The first-order chi connectivity index (χ1) is 3.80. The molecule has 0 atom stereocenters. The number of hydrogen-bond donors (Lipinski definition) is 1. The summed E-state index contributed by atoms with van der Waals surface area (Å²) < 4.78 is 0. The molecule has 9 heavy (non-hydrogen) atoms. The van der Waals surface area contributed by atoms with Crippen molar-refractivity contribution < 1.29 is 28.8 Å². The average Bonchev–Trinajstić information content (AvgIpc) is 2.12. The second kappa shape index (κ2) is 3.33. The fourth-order valence-electron chi connectivity index (χ4n) is 0.370. The molecule has 1 aromatic heterocycles. The smallest absolute Gasteiger partial charge is 0.543 e. The van der Waals surface area contributed by atoms with Gasteiger partial charge in [0.2, 0.25) is 0 Å². The van der Waals surface area contributed by atoms with Crippen molar-refractivity contribution in [2.75, 3.05) is 0 Å². The van der Waals surface area contributed by atoms with Crippen molar-refractivity contribution in [2.24, 2.45) is 0 Å². The fourth-order valence-corrected chi connectivity index (χ4v) is 0.370. The minimum atomic E-state index is -1.23. The van der Waals surface area contributed by atoms with Gasteiger partial charge < -0.3 is 9.90 Å². The average molecular weight is 118 g/mol. The van der Waals surface area contributed by atoms with Crippen LogP contribution in [0.2, 0.25) is 0 Å². The van der Waals surface area contributed by atoms with Gasteiger partial charge in [0.1, 0.15) is 0 Å². The number of aromatic amines is 1. The molecule has 42 valence electrons. The van der Waals surface area contributed by atoms with Gasteiger partial charge in [-0.1, -0.05) is 0 Å². The van der Waals surface area contributed by atoms with Crippen LogP contribution >= 0.6 is 0 Å². The van der Waals surface area contributed by atoms with Crippen LogP contribution < -0.4 is 24.0 Å². The van der Waals surface area contributed by atoms with Gasteiger partial charge in [0.05, 0.1) is 11.7 Å². The van der Waals surface area contributed by atoms with E-state index in [2.05, 4.69) is 10.2 Å². The number of hydrogen-bond acceptors (Lipinski definition) is 3. The Bertz CT molecular complexity index is 184. The third kappa shape index (κ3) is 1.92. The van der Waals surface area contributed by atoms with Crippen LogP contribution in [0.1, 0.15) is 10.5 Å². The molecule has 0 aromatic carbocycles. The molecule has 1 aromatic rings. The van der Waals surface area contributed by atoms with Crippen molar-refractivity contribution in [3.63, 3.8) is 0 Å². The molecule has 5 heteroatoms. The summed E-state index contributed by atoms with van der Waals surface area (Å²) in [5.74, 6) is -1.23. The van der Waals surface area contributed by atoms with Crippen molar-refractivity contribution >= 4 is 5.97 Å². The van der Waals surface area contributed by atoms with Gasteiger partial charge in [0.25, 0.3) is 0 Å². The van der Waals surface area contributed by atoms with Crippen molar-refractivity contribution in [3.05, 3.63) is 18.0 Å². The SMILES string of the molecule is O=C([O-])c1ccn[nH]1.[Li+]. The van der Waals surface area contributed by atoms with Crippen LogP contribution in [0.25, 0.3) is 0 Å². The molecule has 0 fully saturated rings. The van der Waals surface area contributed by atoms with E-state index < -0.39 is 5.97 Å². The zero-order valence-corrected chi connectivity index (χ0v) is 4.92. The third-order valence-electron chi connectivity index (χ3n) is 0.721. The van der Waals surface area contributed by atoms with Crippen LogP contribution in [0.5, 0.6) is 0 Å². The molecule has 0 saturated carbocycles. The van der Waals surface area contributed by atoms with Crippen LogP contribution in [0, 0.1) is 0 Å². The molecule has 0 saturated heterocycles. The minimum absolute atomic E-state index is 0. The summed E-state index contributed by atoms with van der Waals surface area (Å²) in [7, 11) is 0. The van der Waals surface area contributed by atoms with Crippen LogP contribution in [0.3, 0.4) is 0 Å². The Morgan fingerprint density at radius 3 is 2.67 bits per heavy atom. The number of H-pyrrole nitrogens is 1. The molecule has 1 rings (SSSR count). The number of carboxylic acid groups (broad SMARTS) is 1. The van der Waals surface area contributed by atoms with Gasteiger partial charge in [0, 0.05) is 6.20 Å². The van der Waals surface area contributed by atoms with Gasteiger partial charge in [-0.2, -0.15) is 5.10 Å². The minimum Gasteiger partial charge on any atom is -0.543 e. The molecule has 0 aliphatic heterocycles. The first-order valence-electron chi connectivity index (χ1n) is 2.01. The maximum absolute atomic E-state index is 9.88. The predicted octanol–water partition coefficient (Wildman–Crippen LogP) is -4.22. The number of aromatic carboxylic acids is 1. The quantitative estimate of drug-likeness (QED) is 0.380. The topological polar surface area (TPSA) is 68.8 Å². The molecule has 0 unspecified atom stereocenters. The maximum atomic E-state index is 9.88. The van der Waals surface area contributed by atoms with Crippen molar-refractivity contribution in [2.45, 2.75) is 0 Å². The first-order valence-corrected chi connectivity index (χ1v) is 2.01. The number of aromatic nitrogens is 2. The number of nitrogens with one attached hydrogen (secondary N) is 1. The van der Waals surface area contributed by atoms with Gasteiger partial charge in [-0.15, -0.1) is 0 Å². The number of carbonyl (C=O) groups excluding carboxylic acids is 1. The molecule has 0 aliphatic carbocycles. The molecule has 0 spiro atoms. The van der Waals surface area contributed by atoms with E-state index in [1.165, 1.54) is 12.3 Å². The van der Waals surface area contributed by atoms with E-state index in [1.54, 1.807) is 0 Å². The number of rotatable bonds is 1. The van der Waals surface area contributed by atoms with Crippen LogP contribution in [0.4, 0.5) is 0 Å². The van der Waals surface area contributed by atoms with E-state index >= 15 is 0 Å². The predicted molar refractivity (Wildman–Crippen MR) is 22.9 cm³/mol. The van der Waals surface area contributed by atoms with Crippen molar-refractivity contribution in [1.82, 2.24) is 10.2 Å². The second-order valence-corrected chi connectivity index (χ2v) is 1.26. The number of nitrogens with zero attached hydrogens (tertiary/aromatic N) is 1. The van der Waals surface area contributed by atoms with Gasteiger partial charge in [0.15, 0.2) is 0 Å². The van der Waals surface area contributed by atoms with Crippen LogP contribution in [0.15, 0.2) is 12.3 Å². The van der Waals surface area contributed by atoms with E-state index in [0.29, 0.717) is 0 Å². The van der Waals surface area contributed by atoms with E-state index in [9.17, 15) is 9.90 Å². The Labute approximate surface area is 63.4 Å². The molecule has 1 heterocycles. The molecule has 0 radical (unpaired) electrons. The van der Waals surface area contributed by atoms with Crippen LogP contribution in [-0.2, 0) is 0 Å². The van der Waals surface area contributed by atoms with Gasteiger partial charge in [-0.3, -0.25) is 5.10 Å². The zero-order valence-electron chi connectivity index (χ0n) is 4.92. The molecular formula is C4H3LiN2O2. The van der Waals surface area contributed by atoms with Gasteiger partial charge >= 0.3 is 18.9 Å². The van der Waals surface area contributed by atoms with Gasteiger partial charge in [-0.25, -0.2) is 0 Å². The molecule has 0 amide bonds. The molecule has 4 nitrogen and oxygen atoms in total. The monoisotopic (exact) mass is 118 g/mol. The van der Waals surface area contributed by atoms with Crippen molar-refractivity contribution in [3.8, 4) is 0 Å².